The molecule has 3 N–H and O–H groups in total. The van der Waals surface area contributed by atoms with Crippen molar-refractivity contribution in [2.75, 3.05) is 20.2 Å². The van der Waals surface area contributed by atoms with Crippen LogP contribution in [-0.4, -0.2) is 53.1 Å². The zero-order valence-corrected chi connectivity index (χ0v) is 19.2. The lowest BCUT2D eigenvalue weighted by Gasteiger charge is -2.19. The normalized spacial score (nSPS) is 17.1. The van der Waals surface area contributed by atoms with Crippen LogP contribution in [0.15, 0.2) is 77.9 Å². The Balaban J connectivity index is 1.42. The van der Waals surface area contributed by atoms with Crippen LogP contribution in [0.25, 0.3) is 11.0 Å². The second-order valence-corrected chi connectivity index (χ2v) is 8.16. The number of ketones is 1. The summed E-state index contributed by atoms with van der Waals surface area (Å²) in [5.41, 5.74) is 8.18. The highest BCUT2D eigenvalue weighted by Crippen LogP contribution is 2.21. The van der Waals surface area contributed by atoms with Crippen molar-refractivity contribution in [3.8, 4) is 5.75 Å². The third kappa shape index (κ3) is 5.52. The highest BCUT2D eigenvalue weighted by atomic mass is 16.5. The van der Waals surface area contributed by atoms with Crippen LogP contribution in [0, 0.1) is 0 Å². The number of hydrogen-bond donors (Lipinski definition) is 2. The first-order chi connectivity index (χ1) is 16.5. The summed E-state index contributed by atoms with van der Waals surface area (Å²) in [4.78, 5) is 26.8. The molecule has 176 valence electrons. The minimum atomic E-state index is -0.206. The van der Waals surface area contributed by atoms with Gasteiger partial charge in [0.2, 0.25) is 5.78 Å². The SMILES string of the molecule is C=CC=N/C(OCCC1CCCN1C)=C(\N)Oc1ccc(C(=O)c2nc3ccccc3[nH]2)cc1. The van der Waals surface area contributed by atoms with Crippen LogP contribution in [0.3, 0.4) is 0 Å². The van der Waals surface area contributed by atoms with Gasteiger partial charge in [-0.25, -0.2) is 9.98 Å². The number of hydrogen-bond acceptors (Lipinski definition) is 7. The Hall–Kier alpha value is -3.91. The van der Waals surface area contributed by atoms with Gasteiger partial charge in [0.1, 0.15) is 5.75 Å². The number of fused-ring (bicyclic) bond motifs is 1. The standard InChI is InChI=1S/C26H29N5O3/c1-3-15-28-26(33-17-14-19-7-6-16-31(19)2)24(27)34-20-12-10-18(11-13-20)23(32)25-29-21-8-4-5-9-22(21)30-25/h3-5,8-13,15,19H,1,6-7,14,16-17,27H2,2H3,(H,29,30)/b26-24-,28-15?. The summed E-state index contributed by atoms with van der Waals surface area (Å²) < 4.78 is 11.6. The topological polar surface area (TPSA) is 106 Å². The summed E-state index contributed by atoms with van der Waals surface area (Å²) in [5, 5.41) is 0. The molecule has 0 saturated carbocycles. The second-order valence-electron chi connectivity index (χ2n) is 8.16. The van der Waals surface area contributed by atoms with Gasteiger partial charge in [0.25, 0.3) is 11.8 Å². The molecule has 1 saturated heterocycles. The van der Waals surface area contributed by atoms with Crippen LogP contribution in [0.1, 0.15) is 35.4 Å². The first-order valence-electron chi connectivity index (χ1n) is 11.3. The van der Waals surface area contributed by atoms with Crippen molar-refractivity contribution in [1.82, 2.24) is 14.9 Å². The molecule has 0 radical (unpaired) electrons. The van der Waals surface area contributed by atoms with Crippen molar-refractivity contribution in [3.05, 3.63) is 84.3 Å². The van der Waals surface area contributed by atoms with E-state index in [1.54, 1.807) is 30.3 Å². The maximum absolute atomic E-state index is 12.8. The number of carbonyl (C=O) groups is 1. The monoisotopic (exact) mass is 459 g/mol. The predicted octanol–water partition coefficient (Wildman–Crippen LogP) is 4.02. The fourth-order valence-electron chi connectivity index (χ4n) is 3.97. The number of benzene rings is 2. The molecule has 2 heterocycles. The van der Waals surface area contributed by atoms with E-state index >= 15 is 0 Å². The fourth-order valence-corrected chi connectivity index (χ4v) is 3.97. The summed E-state index contributed by atoms with van der Waals surface area (Å²) in [6, 6.07) is 14.7. The first kappa shape index (κ1) is 23.3. The molecule has 0 spiro atoms. The number of aliphatic imine (C=N–C) groups is 1. The van der Waals surface area contributed by atoms with E-state index < -0.39 is 0 Å². The minimum absolute atomic E-state index is 0.0363. The molecule has 1 unspecified atom stereocenters. The molecule has 1 fully saturated rings. The second kappa shape index (κ2) is 10.8. The van der Waals surface area contributed by atoms with Crippen molar-refractivity contribution in [1.29, 1.82) is 0 Å². The number of H-pyrrole nitrogens is 1. The summed E-state index contributed by atoms with van der Waals surface area (Å²) in [5.74, 6) is 0.778. The number of carbonyl (C=O) groups excluding carboxylic acids is 1. The summed E-state index contributed by atoms with van der Waals surface area (Å²) in [6.45, 7) is 5.23. The number of ether oxygens (including phenoxy) is 2. The van der Waals surface area contributed by atoms with Gasteiger partial charge in [-0.05, 0) is 69.3 Å². The molecular weight excluding hydrogens is 430 g/mol. The molecular formula is C26H29N5O3. The molecule has 4 rings (SSSR count). The third-order valence-electron chi connectivity index (χ3n) is 5.82. The zero-order valence-electron chi connectivity index (χ0n) is 19.2. The summed E-state index contributed by atoms with van der Waals surface area (Å²) in [6.07, 6.45) is 6.30. The molecule has 34 heavy (non-hydrogen) atoms. The maximum atomic E-state index is 12.8. The van der Waals surface area contributed by atoms with Gasteiger partial charge in [0.05, 0.1) is 17.6 Å². The van der Waals surface area contributed by atoms with Gasteiger partial charge in [0.15, 0.2) is 5.82 Å². The zero-order chi connectivity index (χ0) is 23.9. The molecule has 1 aliphatic rings. The number of aromatic amines is 1. The molecule has 8 nitrogen and oxygen atoms in total. The van der Waals surface area contributed by atoms with Gasteiger partial charge in [-0.2, -0.15) is 0 Å². The van der Waals surface area contributed by atoms with Crippen LogP contribution in [0.4, 0.5) is 0 Å². The largest absolute Gasteiger partial charge is 0.474 e. The quantitative estimate of drug-likeness (QED) is 0.270. The molecule has 0 amide bonds. The summed E-state index contributed by atoms with van der Waals surface area (Å²) >= 11 is 0. The number of rotatable bonds is 10. The molecule has 2 aromatic carbocycles. The lowest BCUT2D eigenvalue weighted by Crippen LogP contribution is -2.26. The molecule has 3 aromatic rings. The average molecular weight is 460 g/mol. The van der Waals surface area contributed by atoms with Gasteiger partial charge < -0.3 is 25.1 Å². The van der Waals surface area contributed by atoms with Gasteiger partial charge in [-0.1, -0.05) is 24.8 Å². The Morgan fingerprint density at radius 2 is 2.09 bits per heavy atom. The van der Waals surface area contributed by atoms with Crippen LogP contribution < -0.4 is 10.5 Å². The van der Waals surface area contributed by atoms with Gasteiger partial charge in [-0.3, -0.25) is 4.79 Å². The number of para-hydroxylation sites is 2. The van der Waals surface area contributed by atoms with Crippen molar-refractivity contribution in [3.63, 3.8) is 0 Å². The average Bonchev–Trinajstić information content (AvgIpc) is 3.47. The van der Waals surface area contributed by atoms with E-state index in [4.69, 9.17) is 15.2 Å². The van der Waals surface area contributed by atoms with Gasteiger partial charge >= 0.3 is 0 Å². The van der Waals surface area contributed by atoms with Crippen LogP contribution >= 0.6 is 0 Å². The fraction of sp³-hybridized carbons (Fsp3) is 0.269. The van der Waals surface area contributed by atoms with E-state index in [-0.39, 0.29) is 23.4 Å². The third-order valence-corrected chi connectivity index (χ3v) is 5.82. The number of nitrogens with zero attached hydrogens (tertiary/aromatic N) is 3. The number of aromatic nitrogens is 2. The highest BCUT2D eigenvalue weighted by molar-refractivity contribution is 6.08. The van der Waals surface area contributed by atoms with Gasteiger partial charge in [0, 0.05) is 17.8 Å². The van der Waals surface area contributed by atoms with E-state index in [9.17, 15) is 4.79 Å². The van der Waals surface area contributed by atoms with Gasteiger partial charge in [-0.15, -0.1) is 0 Å². The Morgan fingerprint density at radius 1 is 1.29 bits per heavy atom. The molecule has 8 heteroatoms. The van der Waals surface area contributed by atoms with Crippen LogP contribution in [0.5, 0.6) is 5.75 Å². The molecule has 0 aliphatic carbocycles. The van der Waals surface area contributed by atoms with E-state index in [1.165, 1.54) is 19.1 Å². The van der Waals surface area contributed by atoms with E-state index in [1.807, 2.05) is 24.3 Å². The van der Waals surface area contributed by atoms with E-state index in [0.717, 1.165) is 24.0 Å². The lowest BCUT2D eigenvalue weighted by molar-refractivity contribution is 0.103. The minimum Gasteiger partial charge on any atom is -0.474 e. The highest BCUT2D eigenvalue weighted by Gasteiger charge is 2.21. The van der Waals surface area contributed by atoms with Crippen molar-refractivity contribution < 1.29 is 14.3 Å². The number of likely N-dealkylation sites (tertiary alicyclic amines) is 1. The number of imidazole rings is 1. The molecule has 1 atom stereocenters. The molecule has 0 bridgehead atoms. The van der Waals surface area contributed by atoms with E-state index in [2.05, 4.69) is 33.5 Å². The Morgan fingerprint density at radius 3 is 2.79 bits per heavy atom. The van der Waals surface area contributed by atoms with Crippen LogP contribution in [-0.2, 0) is 4.74 Å². The number of nitrogens with one attached hydrogen (secondary N) is 1. The Labute approximate surface area is 198 Å². The van der Waals surface area contributed by atoms with Crippen molar-refractivity contribution in [2.24, 2.45) is 10.7 Å². The molecule has 1 aromatic heterocycles. The van der Waals surface area contributed by atoms with Crippen LogP contribution in [0.2, 0.25) is 0 Å². The number of nitrogens with two attached hydrogens (primary N) is 1. The van der Waals surface area contributed by atoms with Crippen molar-refractivity contribution in [2.45, 2.75) is 25.3 Å². The number of allylic oxidation sites excluding steroid dienone is 1. The van der Waals surface area contributed by atoms with E-state index in [0.29, 0.717) is 24.0 Å². The lowest BCUT2D eigenvalue weighted by atomic mass is 10.1. The first-order valence-corrected chi connectivity index (χ1v) is 11.3. The molecule has 1 aliphatic heterocycles. The Kier molecular flexibility index (Phi) is 7.39. The van der Waals surface area contributed by atoms with Crippen molar-refractivity contribution >= 4 is 23.0 Å². The smallest absolute Gasteiger partial charge is 0.275 e. The maximum Gasteiger partial charge on any atom is 0.275 e. The predicted molar refractivity (Wildman–Crippen MR) is 133 cm³/mol. The summed E-state index contributed by atoms with van der Waals surface area (Å²) in [7, 11) is 2.13. The Bertz CT molecular complexity index is 1180.